The molecule has 0 aromatic heterocycles. The summed E-state index contributed by atoms with van der Waals surface area (Å²) in [5, 5.41) is 11.7. The maximum Gasteiger partial charge on any atom is 0.263 e. The van der Waals surface area contributed by atoms with Crippen LogP contribution in [-0.2, 0) is 16.0 Å². The number of piperidine rings is 1. The highest BCUT2D eigenvalue weighted by Gasteiger charge is 2.30. The molecule has 1 atom stereocenters. The van der Waals surface area contributed by atoms with Crippen molar-refractivity contribution < 1.29 is 18.7 Å². The lowest BCUT2D eigenvalue weighted by Crippen LogP contribution is -2.47. The first kappa shape index (κ1) is 22.3. The highest BCUT2D eigenvalue weighted by molar-refractivity contribution is 5.82. The summed E-state index contributed by atoms with van der Waals surface area (Å²) in [6.07, 6.45) is 0.959. The maximum absolute atomic E-state index is 13.7. The fourth-order valence-electron chi connectivity index (χ4n) is 3.65. The molecule has 2 aromatic carbocycles. The molecule has 0 bridgehead atoms. The van der Waals surface area contributed by atoms with Crippen LogP contribution in [0.3, 0.4) is 0 Å². The number of nitrogens with one attached hydrogen (secondary N) is 1. The molecule has 1 saturated heterocycles. The van der Waals surface area contributed by atoms with E-state index in [1.165, 1.54) is 6.07 Å². The Balaban J connectivity index is 1.41. The van der Waals surface area contributed by atoms with Crippen LogP contribution in [0.1, 0.15) is 30.9 Å². The van der Waals surface area contributed by atoms with Crippen LogP contribution in [0.4, 0.5) is 4.39 Å². The largest absolute Gasteiger partial charge is 0.481 e. The predicted molar refractivity (Wildman–Crippen MR) is 114 cm³/mol. The third-order valence-corrected chi connectivity index (χ3v) is 5.47. The lowest BCUT2D eigenvalue weighted by molar-refractivity contribution is -0.141. The fourth-order valence-corrected chi connectivity index (χ4v) is 3.65. The molecule has 1 unspecified atom stereocenters. The van der Waals surface area contributed by atoms with Gasteiger partial charge in [0, 0.05) is 25.6 Å². The zero-order valence-electron chi connectivity index (χ0n) is 17.5. The lowest BCUT2D eigenvalue weighted by atomic mass is 9.95. The maximum atomic E-state index is 13.7. The first-order valence-corrected chi connectivity index (χ1v) is 10.4. The highest BCUT2D eigenvalue weighted by Crippen LogP contribution is 2.20. The minimum atomic E-state index is -0.654. The molecular weight excluding hydrogens is 397 g/mol. The third kappa shape index (κ3) is 6.05. The third-order valence-electron chi connectivity index (χ3n) is 5.47. The van der Waals surface area contributed by atoms with Crippen molar-refractivity contribution in [2.45, 2.75) is 32.3 Å². The molecule has 2 aromatic rings. The van der Waals surface area contributed by atoms with Gasteiger partial charge in [0.05, 0.1) is 11.6 Å². The Morgan fingerprint density at radius 2 is 1.87 bits per heavy atom. The second kappa shape index (κ2) is 10.6. The molecule has 7 heteroatoms. The number of rotatable bonds is 7. The van der Waals surface area contributed by atoms with E-state index in [2.05, 4.69) is 5.32 Å². The van der Waals surface area contributed by atoms with Crippen LogP contribution >= 0.6 is 0 Å². The normalized spacial score (nSPS) is 15.1. The summed E-state index contributed by atoms with van der Waals surface area (Å²) < 4.78 is 19.3. The van der Waals surface area contributed by atoms with Crippen LogP contribution in [0, 0.1) is 23.1 Å². The first-order valence-electron chi connectivity index (χ1n) is 10.4. The monoisotopic (exact) mass is 423 g/mol. The standard InChI is InChI=1S/C24H26FN3O3/c1-17(31-21-8-6-18(16-26)7-9-21)24(30)28-14-11-20(12-15-28)23(29)27-13-10-19-4-2-3-5-22(19)25/h2-9,17,20H,10-15H2,1H3,(H,27,29). The topological polar surface area (TPSA) is 82.4 Å². The van der Waals surface area contributed by atoms with Gasteiger partial charge in [-0.2, -0.15) is 5.26 Å². The summed E-state index contributed by atoms with van der Waals surface area (Å²) in [4.78, 5) is 26.8. The number of hydrogen-bond acceptors (Lipinski definition) is 4. The number of carbonyl (C=O) groups excluding carboxylic acids is 2. The smallest absolute Gasteiger partial charge is 0.263 e. The molecule has 1 aliphatic heterocycles. The van der Waals surface area contributed by atoms with E-state index in [4.69, 9.17) is 10.00 Å². The van der Waals surface area contributed by atoms with E-state index in [-0.39, 0.29) is 23.5 Å². The van der Waals surface area contributed by atoms with Crippen molar-refractivity contribution in [3.8, 4) is 11.8 Å². The molecule has 0 spiro atoms. The zero-order chi connectivity index (χ0) is 22.2. The van der Waals surface area contributed by atoms with Gasteiger partial charge in [0.25, 0.3) is 5.91 Å². The molecule has 1 aliphatic rings. The molecule has 1 N–H and O–H groups in total. The number of hydrogen-bond donors (Lipinski definition) is 1. The van der Waals surface area contributed by atoms with Crippen LogP contribution in [0.15, 0.2) is 48.5 Å². The number of amides is 2. The Morgan fingerprint density at radius 1 is 1.19 bits per heavy atom. The van der Waals surface area contributed by atoms with Gasteiger partial charge in [-0.1, -0.05) is 18.2 Å². The Morgan fingerprint density at radius 3 is 2.52 bits per heavy atom. The van der Waals surface area contributed by atoms with Crippen molar-refractivity contribution in [1.82, 2.24) is 10.2 Å². The van der Waals surface area contributed by atoms with Gasteiger partial charge < -0.3 is 15.0 Å². The number of benzene rings is 2. The Labute approximate surface area is 181 Å². The SMILES string of the molecule is CC(Oc1ccc(C#N)cc1)C(=O)N1CCC(C(=O)NCCc2ccccc2F)CC1. The average molecular weight is 423 g/mol. The molecule has 1 heterocycles. The number of nitriles is 1. The minimum Gasteiger partial charge on any atom is -0.481 e. The molecule has 31 heavy (non-hydrogen) atoms. The van der Waals surface area contributed by atoms with Crippen molar-refractivity contribution in [1.29, 1.82) is 5.26 Å². The van der Waals surface area contributed by atoms with E-state index >= 15 is 0 Å². The lowest BCUT2D eigenvalue weighted by Gasteiger charge is -2.33. The molecule has 2 amide bonds. The number of likely N-dealkylation sites (tertiary alicyclic amines) is 1. The number of nitrogens with zero attached hydrogens (tertiary/aromatic N) is 2. The number of halogens is 1. The summed E-state index contributed by atoms with van der Waals surface area (Å²) in [5.74, 6) is -0.0580. The number of carbonyl (C=O) groups is 2. The number of ether oxygens (including phenoxy) is 1. The van der Waals surface area contributed by atoms with E-state index in [1.807, 2.05) is 6.07 Å². The second-order valence-corrected chi connectivity index (χ2v) is 7.63. The summed E-state index contributed by atoms with van der Waals surface area (Å²) in [5.41, 5.74) is 1.11. The van der Waals surface area contributed by atoms with E-state index in [0.29, 0.717) is 55.8 Å². The Kier molecular flexibility index (Phi) is 7.60. The van der Waals surface area contributed by atoms with Gasteiger partial charge in [0.2, 0.25) is 5.91 Å². The molecule has 0 saturated carbocycles. The van der Waals surface area contributed by atoms with Crippen molar-refractivity contribution in [2.24, 2.45) is 5.92 Å². The van der Waals surface area contributed by atoms with Gasteiger partial charge in [-0.3, -0.25) is 9.59 Å². The van der Waals surface area contributed by atoms with Crippen LogP contribution in [0.5, 0.6) is 5.75 Å². The van der Waals surface area contributed by atoms with Crippen LogP contribution in [0.25, 0.3) is 0 Å². The Hall–Kier alpha value is -3.40. The van der Waals surface area contributed by atoms with Crippen LogP contribution < -0.4 is 10.1 Å². The second-order valence-electron chi connectivity index (χ2n) is 7.63. The summed E-state index contributed by atoms with van der Waals surface area (Å²) in [6, 6.07) is 15.2. The quantitative estimate of drug-likeness (QED) is 0.742. The van der Waals surface area contributed by atoms with E-state index in [1.54, 1.807) is 54.3 Å². The fraction of sp³-hybridized carbons (Fsp3) is 0.375. The van der Waals surface area contributed by atoms with E-state index < -0.39 is 6.10 Å². The van der Waals surface area contributed by atoms with Crippen molar-refractivity contribution in [3.05, 3.63) is 65.5 Å². The van der Waals surface area contributed by atoms with Crippen LogP contribution in [0.2, 0.25) is 0 Å². The summed E-state index contributed by atoms with van der Waals surface area (Å²) in [7, 11) is 0. The molecule has 6 nitrogen and oxygen atoms in total. The van der Waals surface area contributed by atoms with Gasteiger partial charge in [-0.25, -0.2) is 4.39 Å². The molecule has 0 radical (unpaired) electrons. The minimum absolute atomic E-state index is 0.0506. The van der Waals surface area contributed by atoms with Gasteiger partial charge in [0.1, 0.15) is 11.6 Å². The molecular formula is C24H26FN3O3. The average Bonchev–Trinajstić information content (AvgIpc) is 2.80. The molecule has 0 aliphatic carbocycles. The Bertz CT molecular complexity index is 947. The summed E-state index contributed by atoms with van der Waals surface area (Å²) in [6.45, 7) is 3.06. The van der Waals surface area contributed by atoms with Crippen molar-refractivity contribution in [3.63, 3.8) is 0 Å². The van der Waals surface area contributed by atoms with Gasteiger partial charge in [-0.05, 0) is 62.1 Å². The van der Waals surface area contributed by atoms with Crippen LogP contribution in [-0.4, -0.2) is 42.5 Å². The van der Waals surface area contributed by atoms with Gasteiger partial charge >= 0.3 is 0 Å². The van der Waals surface area contributed by atoms with E-state index in [9.17, 15) is 14.0 Å². The molecule has 3 rings (SSSR count). The van der Waals surface area contributed by atoms with Crippen molar-refractivity contribution >= 4 is 11.8 Å². The molecule has 162 valence electrons. The van der Waals surface area contributed by atoms with Gasteiger partial charge in [-0.15, -0.1) is 0 Å². The van der Waals surface area contributed by atoms with Gasteiger partial charge in [0.15, 0.2) is 6.10 Å². The predicted octanol–water partition coefficient (Wildman–Crippen LogP) is 3.06. The zero-order valence-corrected chi connectivity index (χ0v) is 17.5. The highest BCUT2D eigenvalue weighted by atomic mass is 19.1. The van der Waals surface area contributed by atoms with Crippen molar-refractivity contribution in [2.75, 3.05) is 19.6 Å². The summed E-state index contributed by atoms with van der Waals surface area (Å²) >= 11 is 0. The van der Waals surface area contributed by atoms with E-state index in [0.717, 1.165) is 0 Å². The first-order chi connectivity index (χ1) is 15.0. The molecule has 1 fully saturated rings.